The van der Waals surface area contributed by atoms with Gasteiger partial charge in [-0.05, 0) is 117 Å². The van der Waals surface area contributed by atoms with Crippen LogP contribution in [0.5, 0.6) is 5.75 Å². The van der Waals surface area contributed by atoms with E-state index in [0.29, 0.717) is 6.04 Å². The second-order valence-corrected chi connectivity index (χ2v) is 9.74. The maximum atomic E-state index is 5.91. The number of nitrogens with zero attached hydrogens (tertiary/aromatic N) is 1. The zero-order valence-corrected chi connectivity index (χ0v) is 21.4. The smallest absolute Gasteiger partial charge is 0.119 e. The highest BCUT2D eigenvalue weighted by Crippen LogP contribution is 2.29. The van der Waals surface area contributed by atoms with Crippen LogP contribution in [0.1, 0.15) is 54.9 Å². The van der Waals surface area contributed by atoms with Crippen molar-refractivity contribution in [2.45, 2.75) is 66.0 Å². The Labute approximate surface area is 206 Å². The summed E-state index contributed by atoms with van der Waals surface area (Å²) in [5.74, 6) is 0.967. The van der Waals surface area contributed by atoms with Crippen molar-refractivity contribution in [1.29, 1.82) is 0 Å². The molecule has 0 radical (unpaired) electrons. The maximum absolute atomic E-state index is 5.91. The molecule has 0 amide bonds. The van der Waals surface area contributed by atoms with Crippen molar-refractivity contribution in [3.05, 3.63) is 82.9 Å². The van der Waals surface area contributed by atoms with Gasteiger partial charge in [0.25, 0.3) is 0 Å². The molecule has 0 saturated carbocycles. The van der Waals surface area contributed by atoms with Crippen LogP contribution in [0.3, 0.4) is 0 Å². The number of benzene rings is 3. The largest absolute Gasteiger partial charge is 0.494 e. The van der Waals surface area contributed by atoms with Crippen molar-refractivity contribution in [1.82, 2.24) is 5.32 Å². The molecule has 0 aromatic heterocycles. The van der Waals surface area contributed by atoms with Crippen LogP contribution in [-0.2, 0) is 6.54 Å². The summed E-state index contributed by atoms with van der Waals surface area (Å²) in [5.41, 5.74) is 9.35. The minimum atomic E-state index is 0.542. The van der Waals surface area contributed by atoms with Gasteiger partial charge in [0, 0.05) is 18.3 Å². The Morgan fingerprint density at radius 1 is 0.882 bits per heavy atom. The molecule has 1 N–H and O–H groups in total. The van der Waals surface area contributed by atoms with Crippen molar-refractivity contribution in [2.24, 2.45) is 0 Å². The van der Waals surface area contributed by atoms with Gasteiger partial charge in [-0.3, -0.25) is 0 Å². The number of unbranched alkanes of at least 4 members (excludes halogenated alkanes) is 1. The van der Waals surface area contributed by atoms with Crippen LogP contribution in [0.15, 0.2) is 60.7 Å². The molecule has 1 aliphatic rings. The first kappa shape index (κ1) is 24.3. The van der Waals surface area contributed by atoms with E-state index >= 15 is 0 Å². The van der Waals surface area contributed by atoms with Crippen molar-refractivity contribution < 1.29 is 4.74 Å². The second-order valence-electron chi connectivity index (χ2n) is 9.74. The molecule has 0 spiro atoms. The van der Waals surface area contributed by atoms with Gasteiger partial charge >= 0.3 is 0 Å². The molecule has 0 atom stereocenters. The molecule has 1 fully saturated rings. The highest BCUT2D eigenvalue weighted by atomic mass is 16.5. The summed E-state index contributed by atoms with van der Waals surface area (Å²) < 4.78 is 5.91. The van der Waals surface area contributed by atoms with Crippen LogP contribution >= 0.6 is 0 Å². The molecule has 3 heteroatoms. The van der Waals surface area contributed by atoms with Crippen LogP contribution < -0.4 is 15.0 Å². The minimum absolute atomic E-state index is 0.542. The molecule has 3 aromatic carbocycles. The number of nitrogens with one attached hydrogen (secondary N) is 1. The molecule has 0 aliphatic carbocycles. The van der Waals surface area contributed by atoms with E-state index in [1.165, 1.54) is 51.9 Å². The van der Waals surface area contributed by atoms with E-state index in [2.05, 4.69) is 98.6 Å². The second kappa shape index (κ2) is 11.6. The number of hydrogen-bond donors (Lipinski definition) is 1. The molecule has 0 unspecified atom stereocenters. The lowest BCUT2D eigenvalue weighted by Gasteiger charge is -2.36. The monoisotopic (exact) mass is 456 g/mol. The van der Waals surface area contributed by atoms with Crippen molar-refractivity contribution in [3.63, 3.8) is 0 Å². The topological polar surface area (TPSA) is 24.5 Å². The summed E-state index contributed by atoms with van der Waals surface area (Å²) in [6.45, 7) is 12.7. The minimum Gasteiger partial charge on any atom is -0.494 e. The predicted molar refractivity (Wildman–Crippen MR) is 145 cm³/mol. The van der Waals surface area contributed by atoms with Gasteiger partial charge in [-0.15, -0.1) is 0 Å². The molecule has 180 valence electrons. The van der Waals surface area contributed by atoms with Crippen LogP contribution in [0, 0.1) is 20.8 Å². The Hall–Kier alpha value is -2.78. The van der Waals surface area contributed by atoms with E-state index in [4.69, 9.17) is 4.74 Å². The van der Waals surface area contributed by atoms with Gasteiger partial charge in [0.2, 0.25) is 0 Å². The summed E-state index contributed by atoms with van der Waals surface area (Å²) in [7, 11) is 0. The number of aryl methyl sites for hydroxylation is 2. The summed E-state index contributed by atoms with van der Waals surface area (Å²) >= 11 is 0. The lowest BCUT2D eigenvalue weighted by atomic mass is 9.95. The maximum Gasteiger partial charge on any atom is 0.119 e. The molecule has 34 heavy (non-hydrogen) atoms. The summed E-state index contributed by atoms with van der Waals surface area (Å²) in [4.78, 5) is 2.60. The van der Waals surface area contributed by atoms with Gasteiger partial charge in [-0.25, -0.2) is 0 Å². The highest BCUT2D eigenvalue weighted by Gasteiger charge is 2.22. The number of ether oxygens (including phenoxy) is 1. The lowest BCUT2D eigenvalue weighted by Crippen LogP contribution is -2.43. The summed E-state index contributed by atoms with van der Waals surface area (Å²) in [6, 6.07) is 23.0. The molecule has 0 bridgehead atoms. The zero-order chi connectivity index (χ0) is 23.9. The van der Waals surface area contributed by atoms with Crippen LogP contribution in [0.25, 0.3) is 11.1 Å². The quantitative estimate of drug-likeness (QED) is 0.344. The van der Waals surface area contributed by atoms with E-state index in [0.717, 1.165) is 44.8 Å². The molecule has 1 heterocycles. The van der Waals surface area contributed by atoms with Crippen molar-refractivity contribution in [2.75, 3.05) is 24.6 Å². The number of anilines is 1. The first-order valence-corrected chi connectivity index (χ1v) is 12.9. The normalized spacial score (nSPS) is 14.2. The fraction of sp³-hybridized carbons (Fsp3) is 0.419. The first-order chi connectivity index (χ1) is 16.5. The predicted octanol–water partition coefficient (Wildman–Crippen LogP) is 7.22. The third kappa shape index (κ3) is 6.01. The summed E-state index contributed by atoms with van der Waals surface area (Å²) in [6.07, 6.45) is 4.59. The Morgan fingerprint density at radius 3 is 2.26 bits per heavy atom. The third-order valence-electron chi connectivity index (χ3n) is 7.22. The fourth-order valence-electron chi connectivity index (χ4n) is 4.87. The van der Waals surface area contributed by atoms with Gasteiger partial charge < -0.3 is 15.0 Å². The van der Waals surface area contributed by atoms with Crippen molar-refractivity contribution in [3.8, 4) is 16.9 Å². The Kier molecular flexibility index (Phi) is 8.29. The average Bonchev–Trinajstić information content (AvgIpc) is 2.87. The average molecular weight is 457 g/mol. The number of piperidine rings is 1. The van der Waals surface area contributed by atoms with E-state index in [9.17, 15) is 0 Å². The van der Waals surface area contributed by atoms with Crippen LogP contribution in [0.4, 0.5) is 5.69 Å². The number of rotatable bonds is 9. The highest BCUT2D eigenvalue weighted by molar-refractivity contribution is 5.67. The zero-order valence-electron chi connectivity index (χ0n) is 21.4. The van der Waals surface area contributed by atoms with Gasteiger partial charge in [0.05, 0.1) is 6.61 Å². The molecule has 1 saturated heterocycles. The molecule has 3 nitrogen and oxygen atoms in total. The fourth-order valence-corrected chi connectivity index (χ4v) is 4.87. The van der Waals surface area contributed by atoms with Gasteiger partial charge in [0.15, 0.2) is 0 Å². The number of hydrogen-bond acceptors (Lipinski definition) is 3. The first-order valence-electron chi connectivity index (χ1n) is 12.9. The molecule has 1 aliphatic heterocycles. The molecular weight excluding hydrogens is 416 g/mol. The van der Waals surface area contributed by atoms with E-state index in [1.54, 1.807) is 0 Å². The molecule has 4 rings (SSSR count). The van der Waals surface area contributed by atoms with E-state index in [-0.39, 0.29) is 0 Å². The van der Waals surface area contributed by atoms with E-state index in [1.807, 2.05) is 0 Å². The molecular formula is C31H40N2O. The van der Waals surface area contributed by atoms with Gasteiger partial charge in [-0.2, -0.15) is 0 Å². The lowest BCUT2D eigenvalue weighted by molar-refractivity contribution is 0.309. The molecule has 3 aromatic rings. The Balaban J connectivity index is 1.58. The third-order valence-corrected chi connectivity index (χ3v) is 7.22. The van der Waals surface area contributed by atoms with Gasteiger partial charge in [-0.1, -0.05) is 43.7 Å². The van der Waals surface area contributed by atoms with Crippen LogP contribution in [-0.4, -0.2) is 25.7 Å². The SMILES string of the molecule is CCCCOc1ccc(N(Cc2cccc(-c3cc(C)c(C)c(C)c3)c2)C2CCNCC2)cc1. The Bertz CT molecular complexity index is 1040. The van der Waals surface area contributed by atoms with Gasteiger partial charge in [0.1, 0.15) is 5.75 Å². The standard InChI is InChI=1S/C31H40N2O/c1-5-6-18-34-31-12-10-29(11-13-31)33(30-14-16-32-17-15-30)22-26-8-7-9-27(21-26)28-19-23(2)25(4)24(3)20-28/h7-13,19-21,30,32H,5-6,14-18,22H2,1-4H3. The Morgan fingerprint density at radius 2 is 1.59 bits per heavy atom. The van der Waals surface area contributed by atoms with Crippen LogP contribution in [0.2, 0.25) is 0 Å². The van der Waals surface area contributed by atoms with Crippen molar-refractivity contribution >= 4 is 5.69 Å². The van der Waals surface area contributed by atoms with E-state index < -0.39 is 0 Å². The summed E-state index contributed by atoms with van der Waals surface area (Å²) in [5, 5.41) is 3.52.